The molecule has 0 aromatic heterocycles. The van der Waals surface area contributed by atoms with Crippen molar-refractivity contribution in [3.8, 4) is 0 Å². The number of alkyl halides is 1. The molecule has 1 unspecified atom stereocenters. The average molecular weight is 443 g/mol. The molecule has 0 amide bonds. The predicted molar refractivity (Wildman–Crippen MR) is 109 cm³/mol. The number of aliphatic hydroxyl groups excluding tert-OH is 1. The van der Waals surface area contributed by atoms with Gasteiger partial charge in [-0.1, -0.05) is 84.0 Å². The van der Waals surface area contributed by atoms with E-state index in [0.717, 1.165) is 17.6 Å². The van der Waals surface area contributed by atoms with Crippen LogP contribution in [0, 0.1) is 0 Å². The van der Waals surface area contributed by atoms with Gasteiger partial charge in [-0.25, -0.2) is 0 Å². The van der Waals surface area contributed by atoms with Crippen molar-refractivity contribution >= 4 is 11.6 Å². The second-order valence-electron chi connectivity index (χ2n) is 8.25. The Balaban J connectivity index is 0. The van der Waals surface area contributed by atoms with Crippen molar-refractivity contribution in [3.05, 3.63) is 0 Å². The third-order valence-corrected chi connectivity index (χ3v) is 5.36. The van der Waals surface area contributed by atoms with Crippen molar-refractivity contribution in [3.63, 3.8) is 0 Å². The number of unbranched alkanes of at least 4 members (excludes halogenated alkanes) is 13. The molecule has 0 aliphatic heterocycles. The van der Waals surface area contributed by atoms with E-state index in [4.69, 9.17) is 11.6 Å². The van der Waals surface area contributed by atoms with Crippen LogP contribution >= 0.6 is 11.6 Å². The molecule has 0 fully saturated rings. The first kappa shape index (κ1) is 27.9. The molecule has 0 aliphatic carbocycles. The number of hydrogen-bond donors (Lipinski definition) is 1. The summed E-state index contributed by atoms with van der Waals surface area (Å²) in [6.07, 6.45) is 19.3. The van der Waals surface area contributed by atoms with Crippen molar-refractivity contribution in [1.29, 1.82) is 0 Å². The minimum absolute atomic E-state index is 0. The third kappa shape index (κ3) is 20.9. The molecule has 154 valence electrons. The van der Waals surface area contributed by atoms with E-state index in [9.17, 15) is 5.11 Å². The summed E-state index contributed by atoms with van der Waals surface area (Å²) in [7, 11) is 4.38. The first-order valence-corrected chi connectivity index (χ1v) is 11.1. The molecule has 0 radical (unpaired) electrons. The lowest BCUT2D eigenvalue weighted by molar-refractivity contribution is -0.893. The summed E-state index contributed by atoms with van der Waals surface area (Å²) in [6, 6.07) is 0. The maximum Gasteiger partial charge on any atom is 0.116 e. The number of quaternary nitrogens is 1. The van der Waals surface area contributed by atoms with Gasteiger partial charge in [0.15, 0.2) is 0 Å². The fraction of sp³-hybridized carbons (Fsp3) is 1.00. The van der Waals surface area contributed by atoms with Gasteiger partial charge in [0.05, 0.1) is 26.5 Å². The van der Waals surface area contributed by atoms with Crippen LogP contribution in [0.1, 0.15) is 96.8 Å². The Labute approximate surface area is 174 Å². The van der Waals surface area contributed by atoms with Crippen molar-refractivity contribution in [2.24, 2.45) is 0 Å². The molecule has 0 rings (SSSR count). The van der Waals surface area contributed by atoms with E-state index in [2.05, 4.69) is 21.0 Å². The van der Waals surface area contributed by atoms with Gasteiger partial charge in [-0.3, -0.25) is 0 Å². The molecular formula is C21H45BrClNO. The number of hydrogen-bond acceptors (Lipinski definition) is 1. The molecule has 0 spiro atoms. The van der Waals surface area contributed by atoms with Crippen LogP contribution in [-0.2, 0) is 0 Å². The van der Waals surface area contributed by atoms with Crippen LogP contribution in [0.2, 0.25) is 0 Å². The van der Waals surface area contributed by atoms with Gasteiger partial charge in [-0.15, -0.1) is 11.6 Å². The third-order valence-electron chi connectivity index (χ3n) is 5.00. The van der Waals surface area contributed by atoms with Crippen LogP contribution in [0.15, 0.2) is 0 Å². The second kappa shape index (κ2) is 19.5. The first-order valence-electron chi connectivity index (χ1n) is 10.6. The highest BCUT2D eigenvalue weighted by atomic mass is 79.9. The molecule has 0 bridgehead atoms. The molecule has 0 heterocycles. The summed E-state index contributed by atoms with van der Waals surface area (Å²) >= 11 is 5.69. The smallest absolute Gasteiger partial charge is 0.116 e. The van der Waals surface area contributed by atoms with Crippen LogP contribution < -0.4 is 17.0 Å². The number of nitrogens with zero attached hydrogens (tertiary/aromatic N) is 1. The Kier molecular flexibility index (Phi) is 21.7. The lowest BCUT2D eigenvalue weighted by Crippen LogP contribution is -3.00. The van der Waals surface area contributed by atoms with E-state index in [1.54, 1.807) is 0 Å². The summed E-state index contributed by atoms with van der Waals surface area (Å²) in [6.45, 7) is 4.19. The van der Waals surface area contributed by atoms with E-state index in [1.165, 1.54) is 89.9 Å². The fourth-order valence-corrected chi connectivity index (χ4v) is 3.54. The Morgan fingerprint density at radius 3 is 1.44 bits per heavy atom. The molecule has 4 heteroatoms. The molecular weight excluding hydrogens is 398 g/mol. The highest BCUT2D eigenvalue weighted by molar-refractivity contribution is 6.18. The molecule has 0 aromatic carbocycles. The molecule has 1 N–H and O–H groups in total. The summed E-state index contributed by atoms with van der Waals surface area (Å²) in [5.41, 5.74) is 0. The average Bonchev–Trinajstić information content (AvgIpc) is 2.54. The van der Waals surface area contributed by atoms with Crippen LogP contribution in [0.25, 0.3) is 0 Å². The van der Waals surface area contributed by atoms with E-state index in [1.807, 2.05) is 0 Å². The molecule has 0 aliphatic rings. The Morgan fingerprint density at radius 1 is 0.720 bits per heavy atom. The maximum atomic E-state index is 9.66. The van der Waals surface area contributed by atoms with Crippen molar-refractivity contribution in [1.82, 2.24) is 0 Å². The second-order valence-corrected chi connectivity index (χ2v) is 8.55. The lowest BCUT2D eigenvalue weighted by atomic mass is 10.0. The summed E-state index contributed by atoms with van der Waals surface area (Å²) < 4.78 is 0.881. The quantitative estimate of drug-likeness (QED) is 0.196. The zero-order valence-electron chi connectivity index (χ0n) is 17.2. The predicted octanol–water partition coefficient (Wildman–Crippen LogP) is 3.15. The molecule has 0 saturated carbocycles. The molecule has 25 heavy (non-hydrogen) atoms. The number of rotatable bonds is 18. The van der Waals surface area contributed by atoms with Crippen LogP contribution in [0.3, 0.4) is 0 Å². The summed E-state index contributed by atoms with van der Waals surface area (Å²) in [5, 5.41) is 9.66. The van der Waals surface area contributed by atoms with Gasteiger partial charge in [0.1, 0.15) is 12.6 Å². The fourth-order valence-electron chi connectivity index (χ4n) is 3.44. The zero-order valence-corrected chi connectivity index (χ0v) is 19.6. The Bertz CT molecular complexity index is 264. The van der Waals surface area contributed by atoms with Gasteiger partial charge in [-0.2, -0.15) is 0 Å². The van der Waals surface area contributed by atoms with E-state index in [-0.39, 0.29) is 23.1 Å². The van der Waals surface area contributed by atoms with E-state index >= 15 is 0 Å². The van der Waals surface area contributed by atoms with Gasteiger partial charge in [0.25, 0.3) is 0 Å². The highest BCUT2D eigenvalue weighted by Gasteiger charge is 2.19. The topological polar surface area (TPSA) is 20.2 Å². The van der Waals surface area contributed by atoms with Crippen LogP contribution in [0.5, 0.6) is 0 Å². The summed E-state index contributed by atoms with van der Waals surface area (Å²) in [5.74, 6) is 0.348. The molecule has 0 aromatic rings. The summed E-state index contributed by atoms with van der Waals surface area (Å²) in [4.78, 5) is 0. The molecule has 0 saturated heterocycles. The Hall–Kier alpha value is 0.690. The van der Waals surface area contributed by atoms with E-state index < -0.39 is 0 Å². The van der Waals surface area contributed by atoms with Gasteiger partial charge in [0.2, 0.25) is 0 Å². The van der Waals surface area contributed by atoms with Crippen molar-refractivity contribution in [2.45, 2.75) is 103 Å². The van der Waals surface area contributed by atoms with Gasteiger partial charge in [0, 0.05) is 0 Å². The van der Waals surface area contributed by atoms with Gasteiger partial charge >= 0.3 is 0 Å². The highest BCUT2D eigenvalue weighted by Crippen LogP contribution is 2.13. The molecule has 1 atom stereocenters. The standard InChI is InChI=1S/C21H45ClNO.BrH/c1-4-5-6-7-8-9-10-11-12-13-14-15-16-17-18-23(2,3)20-21(24)19-22;/h21,24H,4-20H2,1-3H3;1H/q+1;/p-1. The van der Waals surface area contributed by atoms with Crippen LogP contribution in [0.4, 0.5) is 0 Å². The van der Waals surface area contributed by atoms with Gasteiger partial charge < -0.3 is 26.6 Å². The Morgan fingerprint density at radius 2 is 1.08 bits per heavy atom. The lowest BCUT2D eigenvalue weighted by Gasteiger charge is -2.31. The van der Waals surface area contributed by atoms with Crippen molar-refractivity contribution in [2.75, 3.05) is 33.1 Å². The normalized spacial score (nSPS) is 12.8. The maximum absolute atomic E-state index is 9.66. The zero-order chi connectivity index (χ0) is 18.1. The molecule has 2 nitrogen and oxygen atoms in total. The monoisotopic (exact) mass is 441 g/mol. The minimum atomic E-state index is -0.367. The van der Waals surface area contributed by atoms with Crippen LogP contribution in [-0.4, -0.2) is 48.8 Å². The SMILES string of the molecule is CCCCCCCCCCCCCCCC[N+](C)(C)CC(O)CCl.[Br-]. The number of likely N-dealkylation sites (N-methyl/N-ethyl adjacent to an activating group) is 1. The van der Waals surface area contributed by atoms with Crippen molar-refractivity contribution < 1.29 is 26.6 Å². The minimum Gasteiger partial charge on any atom is -1.00 e. The number of aliphatic hydroxyl groups is 1. The van der Waals surface area contributed by atoms with Gasteiger partial charge in [-0.05, 0) is 12.8 Å². The number of halogens is 2. The van der Waals surface area contributed by atoms with E-state index in [0.29, 0.717) is 5.88 Å². The largest absolute Gasteiger partial charge is 1.00 e. The first-order chi connectivity index (χ1) is 11.5.